The summed E-state index contributed by atoms with van der Waals surface area (Å²) in [6.07, 6.45) is 2.75. The largest absolute Gasteiger partial charge is 1.00 e. The summed E-state index contributed by atoms with van der Waals surface area (Å²) in [5.41, 5.74) is 2.69. The Bertz CT molecular complexity index is 1140. The lowest BCUT2D eigenvalue weighted by molar-refractivity contribution is -0.688. The Labute approximate surface area is 206 Å². The van der Waals surface area contributed by atoms with E-state index in [4.69, 9.17) is 16.3 Å². The van der Waals surface area contributed by atoms with E-state index >= 15 is 0 Å². The van der Waals surface area contributed by atoms with Crippen LogP contribution in [0.5, 0.6) is 0 Å². The predicted molar refractivity (Wildman–Crippen MR) is 119 cm³/mol. The average molecular weight is 535 g/mol. The van der Waals surface area contributed by atoms with Crippen LogP contribution < -0.4 is 31.8 Å². The third-order valence-electron chi connectivity index (χ3n) is 5.20. The zero-order chi connectivity index (χ0) is 22.7. The van der Waals surface area contributed by atoms with Crippen LogP contribution in [0.15, 0.2) is 67.0 Å². The van der Waals surface area contributed by atoms with E-state index in [-0.39, 0.29) is 36.0 Å². The smallest absolute Gasteiger partial charge is 0.414 e. The number of ether oxygens (including phenoxy) is 1. The van der Waals surface area contributed by atoms with Gasteiger partial charge in [-0.15, -0.1) is 0 Å². The van der Waals surface area contributed by atoms with Gasteiger partial charge in [-0.1, -0.05) is 23.7 Å². The molecular weight excluding hydrogens is 513 g/mol. The van der Waals surface area contributed by atoms with Gasteiger partial charge in [0.05, 0.1) is 18.8 Å². The van der Waals surface area contributed by atoms with Crippen LogP contribution >= 0.6 is 11.6 Å². The normalized spacial score (nSPS) is 15.1. The highest BCUT2D eigenvalue weighted by Crippen LogP contribution is 2.28. The molecule has 1 atom stereocenters. The fraction of sp³-hybridized carbons (Fsp3) is 0.208. The summed E-state index contributed by atoms with van der Waals surface area (Å²) in [7, 11) is 0. The van der Waals surface area contributed by atoms with Crippen LogP contribution in [-0.2, 0) is 16.1 Å². The van der Waals surface area contributed by atoms with Gasteiger partial charge >= 0.3 is 6.09 Å². The van der Waals surface area contributed by atoms with Crippen LogP contribution in [0.2, 0.25) is 5.02 Å². The van der Waals surface area contributed by atoms with Crippen molar-refractivity contribution in [3.8, 4) is 11.1 Å². The maximum absolute atomic E-state index is 14.9. The standard InChI is InChI=1S/C24H21ClFN3O3.BrH/c1-16(30)27-13-21-15-29(24(31)32-21)20-6-7-22(23(26)12-20)18-8-10-28(11-9-18)14-17-2-4-19(25)5-3-17;/h2-12,21H,13-15H2,1H3;1H. The van der Waals surface area contributed by atoms with Crippen molar-refractivity contribution in [2.75, 3.05) is 18.0 Å². The highest BCUT2D eigenvalue weighted by atomic mass is 79.9. The first-order valence-electron chi connectivity index (χ1n) is 10.1. The van der Waals surface area contributed by atoms with Crippen LogP contribution in [0, 0.1) is 5.82 Å². The highest BCUT2D eigenvalue weighted by molar-refractivity contribution is 6.30. The van der Waals surface area contributed by atoms with E-state index in [9.17, 15) is 14.0 Å². The van der Waals surface area contributed by atoms with Gasteiger partial charge in [-0.2, -0.15) is 0 Å². The Morgan fingerprint density at radius 2 is 1.88 bits per heavy atom. The molecule has 0 bridgehead atoms. The molecule has 172 valence electrons. The molecule has 1 aliphatic rings. The Morgan fingerprint density at radius 3 is 2.52 bits per heavy atom. The van der Waals surface area contributed by atoms with E-state index in [0.29, 0.717) is 22.8 Å². The molecule has 0 aliphatic carbocycles. The molecule has 2 amide bonds. The summed E-state index contributed by atoms with van der Waals surface area (Å²) in [6.45, 7) is 2.53. The van der Waals surface area contributed by atoms with E-state index in [0.717, 1.165) is 11.1 Å². The number of benzene rings is 2. The van der Waals surface area contributed by atoms with Gasteiger partial charge in [0.15, 0.2) is 18.9 Å². The number of amides is 2. The fourth-order valence-electron chi connectivity index (χ4n) is 3.55. The molecule has 0 spiro atoms. The van der Waals surface area contributed by atoms with Crippen molar-refractivity contribution in [1.82, 2.24) is 5.32 Å². The van der Waals surface area contributed by atoms with E-state index in [1.54, 1.807) is 12.1 Å². The van der Waals surface area contributed by atoms with E-state index < -0.39 is 18.0 Å². The first kappa shape index (κ1) is 24.7. The molecule has 1 unspecified atom stereocenters. The molecular formula is C24H22BrClFN3O3. The van der Waals surface area contributed by atoms with Gasteiger partial charge in [0, 0.05) is 35.2 Å². The molecule has 0 saturated carbocycles. The fourth-order valence-corrected chi connectivity index (χ4v) is 3.67. The molecule has 2 aromatic carbocycles. The number of carbonyl (C=O) groups is 2. The minimum absolute atomic E-state index is 0. The summed E-state index contributed by atoms with van der Waals surface area (Å²) >= 11 is 5.93. The van der Waals surface area contributed by atoms with E-state index in [2.05, 4.69) is 5.32 Å². The number of halogens is 3. The van der Waals surface area contributed by atoms with Crippen molar-refractivity contribution < 1.29 is 40.3 Å². The van der Waals surface area contributed by atoms with Crippen LogP contribution in [-0.4, -0.2) is 31.2 Å². The summed E-state index contributed by atoms with van der Waals surface area (Å²) in [4.78, 5) is 24.6. The number of carbonyl (C=O) groups excluding carboxylic acids is 2. The number of hydrogen-bond donors (Lipinski definition) is 1. The molecule has 4 rings (SSSR count). The van der Waals surface area contributed by atoms with Crippen LogP contribution in [0.1, 0.15) is 12.5 Å². The SMILES string of the molecule is CC(=O)NCC1CN(c2ccc(-c3cc[n+](Cc4ccc(Cl)cc4)cc3)c(F)c2)C(=O)O1.[Br-]. The van der Waals surface area contributed by atoms with Crippen LogP contribution in [0.3, 0.4) is 0 Å². The van der Waals surface area contributed by atoms with Crippen molar-refractivity contribution in [2.45, 2.75) is 19.6 Å². The Morgan fingerprint density at radius 1 is 1.18 bits per heavy atom. The third kappa shape index (κ3) is 6.09. The van der Waals surface area contributed by atoms with E-state index in [1.165, 1.54) is 17.9 Å². The minimum Gasteiger partial charge on any atom is -1.00 e. The van der Waals surface area contributed by atoms with Gasteiger partial charge in [0.2, 0.25) is 5.91 Å². The quantitative estimate of drug-likeness (QED) is 0.479. The second-order valence-electron chi connectivity index (χ2n) is 7.60. The Hall–Kier alpha value is -2.97. The monoisotopic (exact) mass is 533 g/mol. The van der Waals surface area contributed by atoms with Crippen molar-refractivity contribution >= 4 is 29.3 Å². The first-order valence-corrected chi connectivity index (χ1v) is 10.5. The van der Waals surface area contributed by atoms with Gasteiger partial charge in [-0.3, -0.25) is 9.69 Å². The maximum Gasteiger partial charge on any atom is 0.414 e. The maximum atomic E-state index is 14.9. The zero-order valence-corrected chi connectivity index (χ0v) is 20.1. The number of aromatic nitrogens is 1. The molecule has 1 fully saturated rings. The third-order valence-corrected chi connectivity index (χ3v) is 5.45. The molecule has 1 aliphatic heterocycles. The number of anilines is 1. The molecule has 1 N–H and O–H groups in total. The van der Waals surface area contributed by atoms with Crippen LogP contribution in [0.4, 0.5) is 14.9 Å². The second kappa shape index (κ2) is 10.8. The summed E-state index contributed by atoms with van der Waals surface area (Å²) in [5, 5.41) is 3.31. The molecule has 2 heterocycles. The molecule has 1 saturated heterocycles. The highest BCUT2D eigenvalue weighted by Gasteiger charge is 2.32. The Balaban J connectivity index is 0.00000306. The lowest BCUT2D eigenvalue weighted by atomic mass is 10.1. The number of nitrogens with zero attached hydrogens (tertiary/aromatic N) is 2. The van der Waals surface area contributed by atoms with Gasteiger partial charge in [0.1, 0.15) is 11.9 Å². The lowest BCUT2D eigenvalue weighted by Gasteiger charge is -2.14. The molecule has 9 heteroatoms. The summed E-state index contributed by atoms with van der Waals surface area (Å²) in [5.74, 6) is -0.636. The summed E-state index contributed by atoms with van der Waals surface area (Å²) < 4.78 is 22.1. The van der Waals surface area contributed by atoms with E-state index in [1.807, 2.05) is 53.4 Å². The zero-order valence-electron chi connectivity index (χ0n) is 17.8. The van der Waals surface area contributed by atoms with Gasteiger partial charge in [-0.25, -0.2) is 13.8 Å². The number of pyridine rings is 1. The first-order chi connectivity index (χ1) is 15.4. The van der Waals surface area contributed by atoms with Crippen molar-refractivity contribution in [3.63, 3.8) is 0 Å². The van der Waals surface area contributed by atoms with Crippen LogP contribution in [0.25, 0.3) is 11.1 Å². The Kier molecular flexibility index (Phi) is 8.05. The van der Waals surface area contributed by atoms with Gasteiger partial charge in [0.25, 0.3) is 0 Å². The molecule has 6 nitrogen and oxygen atoms in total. The minimum atomic E-state index is -0.560. The lowest BCUT2D eigenvalue weighted by Crippen LogP contribution is -3.00. The van der Waals surface area contributed by atoms with Crippen molar-refractivity contribution in [3.05, 3.63) is 83.4 Å². The second-order valence-corrected chi connectivity index (χ2v) is 8.04. The predicted octanol–water partition coefficient (Wildman–Crippen LogP) is 0.947. The topological polar surface area (TPSA) is 62.5 Å². The molecule has 0 radical (unpaired) electrons. The van der Waals surface area contributed by atoms with Gasteiger partial charge < -0.3 is 27.0 Å². The van der Waals surface area contributed by atoms with Gasteiger partial charge in [-0.05, 0) is 35.9 Å². The number of hydrogen-bond acceptors (Lipinski definition) is 3. The number of nitrogens with one attached hydrogen (secondary N) is 1. The van der Waals surface area contributed by atoms with Crippen molar-refractivity contribution in [2.24, 2.45) is 0 Å². The average Bonchev–Trinajstić information content (AvgIpc) is 3.15. The molecule has 3 aromatic rings. The number of rotatable bonds is 6. The number of cyclic esters (lactones) is 1. The summed E-state index contributed by atoms with van der Waals surface area (Å²) in [6, 6.07) is 16.0. The molecule has 33 heavy (non-hydrogen) atoms. The molecule has 1 aromatic heterocycles. The van der Waals surface area contributed by atoms with Crippen molar-refractivity contribution in [1.29, 1.82) is 0 Å².